The highest BCUT2D eigenvalue weighted by molar-refractivity contribution is 6.34. The van der Waals surface area contributed by atoms with Crippen LogP contribution in [0.5, 0.6) is 5.75 Å². The maximum Gasteiger partial charge on any atom is 0.250 e. The van der Waals surface area contributed by atoms with E-state index in [-0.39, 0.29) is 17.6 Å². The lowest BCUT2D eigenvalue weighted by Crippen LogP contribution is -2.39. The molecule has 1 heterocycles. The Balaban J connectivity index is 1.72. The number of aryl methyl sites for hydroxylation is 1. The van der Waals surface area contributed by atoms with Crippen molar-refractivity contribution in [3.8, 4) is 5.75 Å². The lowest BCUT2D eigenvalue weighted by atomic mass is 9.70. The second-order valence-corrected chi connectivity index (χ2v) is 8.19. The van der Waals surface area contributed by atoms with Crippen LogP contribution in [0.3, 0.4) is 0 Å². The highest BCUT2D eigenvalue weighted by atomic mass is 35.5. The molecule has 0 saturated heterocycles. The lowest BCUT2D eigenvalue weighted by molar-refractivity contribution is 0.0000916. The van der Waals surface area contributed by atoms with Gasteiger partial charge in [-0.25, -0.2) is 0 Å². The highest BCUT2D eigenvalue weighted by Gasteiger charge is 2.37. The summed E-state index contributed by atoms with van der Waals surface area (Å²) in [5.41, 5.74) is 1.90. The summed E-state index contributed by atoms with van der Waals surface area (Å²) in [4.78, 5) is 11.9. The molecule has 0 aliphatic heterocycles. The number of ether oxygens (including phenoxy) is 1. The van der Waals surface area contributed by atoms with Crippen LogP contribution in [-0.4, -0.2) is 29.1 Å². The van der Waals surface area contributed by atoms with E-state index in [4.69, 9.17) is 21.7 Å². The number of nitrogens with zero attached hydrogens (tertiary/aromatic N) is 1. The third-order valence-corrected chi connectivity index (χ3v) is 5.86. The number of halogens is 1. The highest BCUT2D eigenvalue weighted by Crippen LogP contribution is 2.41. The van der Waals surface area contributed by atoms with E-state index >= 15 is 0 Å². The Kier molecular flexibility index (Phi) is 7.34. The second kappa shape index (κ2) is 9.96. The van der Waals surface area contributed by atoms with Crippen LogP contribution in [0.25, 0.3) is 5.57 Å². The van der Waals surface area contributed by atoms with Gasteiger partial charge in [0.25, 0.3) is 5.56 Å². The number of nitrogens with one attached hydrogen (secondary N) is 2. The standard InChI is InChI=1S/C23H28ClN3O3/c1-2-10-27-14-18(4-7-22(27)29)26-13-17(12-25)20-6-5-19(11-21(20)24)30-16-23(15-28)8-3-9-23/h4-7,11-14,25-26,28H,2-3,8-10,15-16H2,1H3/b17-13+,25-12?. The summed E-state index contributed by atoms with van der Waals surface area (Å²) in [7, 11) is 0. The van der Waals surface area contributed by atoms with Crippen molar-refractivity contribution in [2.75, 3.05) is 18.5 Å². The van der Waals surface area contributed by atoms with Gasteiger partial charge in [0.15, 0.2) is 0 Å². The van der Waals surface area contributed by atoms with Gasteiger partial charge in [-0.1, -0.05) is 24.9 Å². The van der Waals surface area contributed by atoms with Crippen LogP contribution in [-0.2, 0) is 6.54 Å². The minimum atomic E-state index is -0.122. The van der Waals surface area contributed by atoms with Gasteiger partial charge in [-0.2, -0.15) is 0 Å². The van der Waals surface area contributed by atoms with Crippen LogP contribution in [0.2, 0.25) is 5.02 Å². The SMILES string of the molecule is CCCn1cc(N/C=C(\C=N)c2ccc(OCC3(CO)CCC3)cc2Cl)ccc1=O. The van der Waals surface area contributed by atoms with Gasteiger partial charge in [0.1, 0.15) is 5.75 Å². The monoisotopic (exact) mass is 429 g/mol. The van der Waals surface area contributed by atoms with Gasteiger partial charge in [-0.3, -0.25) is 4.79 Å². The fraction of sp³-hybridized carbons (Fsp3) is 0.391. The summed E-state index contributed by atoms with van der Waals surface area (Å²) in [6, 6.07) is 8.61. The van der Waals surface area contributed by atoms with Crippen molar-refractivity contribution in [3.05, 3.63) is 63.7 Å². The molecule has 0 bridgehead atoms. The fourth-order valence-corrected chi connectivity index (χ4v) is 3.75. The molecule has 3 rings (SSSR count). The van der Waals surface area contributed by atoms with E-state index in [1.54, 1.807) is 29.1 Å². The normalized spacial score (nSPS) is 15.4. The number of rotatable bonds is 10. The lowest BCUT2D eigenvalue weighted by Gasteiger charge is -2.39. The molecule has 2 aromatic rings. The molecule has 0 spiro atoms. The maximum absolute atomic E-state index is 11.9. The summed E-state index contributed by atoms with van der Waals surface area (Å²) >= 11 is 6.46. The quantitative estimate of drug-likeness (QED) is 0.483. The van der Waals surface area contributed by atoms with E-state index in [1.165, 1.54) is 12.3 Å². The first-order chi connectivity index (χ1) is 14.5. The van der Waals surface area contributed by atoms with E-state index < -0.39 is 0 Å². The predicted molar refractivity (Wildman–Crippen MR) is 122 cm³/mol. The number of hydrogen-bond donors (Lipinski definition) is 3. The molecule has 1 saturated carbocycles. The Hall–Kier alpha value is -2.57. The number of pyridine rings is 1. The molecular formula is C23H28ClN3O3. The van der Waals surface area contributed by atoms with Crippen molar-refractivity contribution in [2.45, 2.75) is 39.2 Å². The number of allylic oxidation sites excluding steroid dienone is 1. The summed E-state index contributed by atoms with van der Waals surface area (Å²) in [6.45, 7) is 3.28. The molecule has 0 unspecified atom stereocenters. The van der Waals surface area contributed by atoms with Crippen LogP contribution in [0.1, 0.15) is 38.2 Å². The van der Waals surface area contributed by atoms with Crippen LogP contribution < -0.4 is 15.6 Å². The summed E-state index contributed by atoms with van der Waals surface area (Å²) in [5, 5.41) is 21.0. The molecule has 1 aromatic carbocycles. The number of aliphatic hydroxyl groups excluding tert-OH is 1. The molecule has 3 N–H and O–H groups in total. The Labute approximate surface area is 181 Å². The molecule has 160 valence electrons. The second-order valence-electron chi connectivity index (χ2n) is 7.78. The smallest absolute Gasteiger partial charge is 0.250 e. The predicted octanol–water partition coefficient (Wildman–Crippen LogP) is 4.56. The first-order valence-corrected chi connectivity index (χ1v) is 10.6. The van der Waals surface area contributed by atoms with E-state index in [9.17, 15) is 9.90 Å². The average Bonchev–Trinajstić information content (AvgIpc) is 2.71. The number of anilines is 1. The Morgan fingerprint density at radius 1 is 1.37 bits per heavy atom. The third-order valence-electron chi connectivity index (χ3n) is 5.54. The van der Waals surface area contributed by atoms with Gasteiger partial charge < -0.3 is 25.1 Å². The van der Waals surface area contributed by atoms with Gasteiger partial charge in [0.05, 0.1) is 23.9 Å². The summed E-state index contributed by atoms with van der Waals surface area (Å²) in [5.74, 6) is 0.646. The third kappa shape index (κ3) is 5.12. The number of benzene rings is 1. The molecular weight excluding hydrogens is 402 g/mol. The van der Waals surface area contributed by atoms with Gasteiger partial charge in [0.2, 0.25) is 0 Å². The number of aliphatic hydroxyl groups is 1. The van der Waals surface area contributed by atoms with Crippen molar-refractivity contribution in [1.82, 2.24) is 4.57 Å². The van der Waals surface area contributed by atoms with Gasteiger partial charge in [-0.05, 0) is 43.5 Å². The fourth-order valence-electron chi connectivity index (χ4n) is 3.47. The minimum Gasteiger partial charge on any atom is -0.493 e. The van der Waals surface area contributed by atoms with Crippen LogP contribution in [0.4, 0.5) is 5.69 Å². The van der Waals surface area contributed by atoms with Crippen LogP contribution in [0.15, 0.2) is 47.5 Å². The Bertz CT molecular complexity index is 974. The zero-order valence-electron chi connectivity index (χ0n) is 17.2. The molecule has 1 aromatic heterocycles. The largest absolute Gasteiger partial charge is 0.493 e. The molecule has 0 amide bonds. The van der Waals surface area contributed by atoms with E-state index in [2.05, 4.69) is 5.32 Å². The van der Waals surface area contributed by atoms with Crippen molar-refractivity contribution >= 4 is 29.1 Å². The minimum absolute atomic E-state index is 0.0397. The van der Waals surface area contributed by atoms with E-state index in [0.717, 1.165) is 31.4 Å². The summed E-state index contributed by atoms with van der Waals surface area (Å²) < 4.78 is 7.51. The van der Waals surface area contributed by atoms with Crippen molar-refractivity contribution in [1.29, 1.82) is 5.41 Å². The molecule has 0 atom stereocenters. The number of hydrogen-bond acceptors (Lipinski definition) is 5. The van der Waals surface area contributed by atoms with Crippen LogP contribution >= 0.6 is 11.6 Å². The Morgan fingerprint density at radius 3 is 2.77 bits per heavy atom. The maximum atomic E-state index is 11.9. The molecule has 6 nitrogen and oxygen atoms in total. The zero-order chi connectivity index (χ0) is 21.6. The molecule has 7 heteroatoms. The topological polar surface area (TPSA) is 87.3 Å². The van der Waals surface area contributed by atoms with E-state index in [0.29, 0.717) is 35.1 Å². The average molecular weight is 430 g/mol. The van der Waals surface area contributed by atoms with Crippen molar-refractivity contribution < 1.29 is 9.84 Å². The number of aromatic nitrogens is 1. The first kappa shape index (κ1) is 22.1. The Morgan fingerprint density at radius 2 is 2.17 bits per heavy atom. The molecule has 1 aliphatic rings. The zero-order valence-corrected chi connectivity index (χ0v) is 17.9. The van der Waals surface area contributed by atoms with Crippen molar-refractivity contribution in [2.24, 2.45) is 5.41 Å². The molecule has 1 aliphatic carbocycles. The van der Waals surface area contributed by atoms with Gasteiger partial charge >= 0.3 is 0 Å². The van der Waals surface area contributed by atoms with Gasteiger partial charge in [-0.15, -0.1) is 0 Å². The van der Waals surface area contributed by atoms with E-state index in [1.807, 2.05) is 19.1 Å². The molecule has 0 radical (unpaired) electrons. The van der Waals surface area contributed by atoms with Gasteiger partial charge in [0, 0.05) is 47.8 Å². The molecule has 30 heavy (non-hydrogen) atoms. The van der Waals surface area contributed by atoms with Crippen molar-refractivity contribution in [3.63, 3.8) is 0 Å². The first-order valence-electron chi connectivity index (χ1n) is 10.2. The van der Waals surface area contributed by atoms with Crippen LogP contribution in [0, 0.1) is 10.8 Å². The summed E-state index contributed by atoms with van der Waals surface area (Å²) in [6.07, 6.45) is 8.64. The molecule has 1 fully saturated rings.